The molecule has 0 amide bonds. The summed E-state index contributed by atoms with van der Waals surface area (Å²) in [4.78, 5) is 0.377. The number of aryl methyl sites for hydroxylation is 3. The number of nitrogens with zero attached hydrogens (tertiary/aromatic N) is 1. The van der Waals surface area contributed by atoms with Gasteiger partial charge in [0.1, 0.15) is 0 Å². The molecule has 0 aromatic heterocycles. The molecule has 0 aliphatic rings. The first-order valence-corrected chi connectivity index (χ1v) is 9.53. The van der Waals surface area contributed by atoms with Gasteiger partial charge >= 0.3 is 0 Å². The molecule has 0 heterocycles. The molecule has 0 aliphatic carbocycles. The molecule has 1 aromatic rings. The second-order valence-electron chi connectivity index (χ2n) is 7.25. The highest BCUT2D eigenvalue weighted by molar-refractivity contribution is 7.89. The first-order chi connectivity index (χ1) is 11.0. The largest absolute Gasteiger partial charge is 0.245 e. The van der Waals surface area contributed by atoms with Crippen LogP contribution in [0.1, 0.15) is 44.4 Å². The fourth-order valence-corrected chi connectivity index (χ4v) is 5.13. The van der Waals surface area contributed by atoms with E-state index in [2.05, 4.69) is 18.4 Å². The van der Waals surface area contributed by atoms with Crippen LogP contribution in [0.25, 0.3) is 0 Å². The van der Waals surface area contributed by atoms with E-state index in [1.54, 1.807) is 13.0 Å². The molecule has 0 N–H and O–H groups in total. The SMILES string of the molecule is C=CCN(C(C#CC)C(C)(C)C)S(=O)(=O)c1c(C)cc(C)cc1C. The Morgan fingerprint density at radius 2 is 1.71 bits per heavy atom. The van der Waals surface area contributed by atoms with E-state index in [4.69, 9.17) is 0 Å². The van der Waals surface area contributed by atoms with Crippen molar-refractivity contribution in [2.24, 2.45) is 5.41 Å². The highest BCUT2D eigenvalue weighted by Gasteiger charge is 2.38. The average Bonchev–Trinajstić information content (AvgIpc) is 2.39. The van der Waals surface area contributed by atoms with Crippen LogP contribution in [0.3, 0.4) is 0 Å². The Hall–Kier alpha value is -1.57. The Labute approximate surface area is 147 Å². The molecule has 0 saturated carbocycles. The van der Waals surface area contributed by atoms with E-state index in [-0.39, 0.29) is 12.0 Å². The molecule has 1 unspecified atom stereocenters. The number of rotatable bonds is 5. The summed E-state index contributed by atoms with van der Waals surface area (Å²) in [7, 11) is -3.69. The smallest absolute Gasteiger partial charge is 0.207 e. The van der Waals surface area contributed by atoms with Crippen molar-refractivity contribution in [3.63, 3.8) is 0 Å². The summed E-state index contributed by atoms with van der Waals surface area (Å²) in [5, 5.41) is 0. The summed E-state index contributed by atoms with van der Waals surface area (Å²) in [6.07, 6.45) is 1.62. The topological polar surface area (TPSA) is 37.4 Å². The third-order valence-corrected chi connectivity index (χ3v) is 6.01. The summed E-state index contributed by atoms with van der Waals surface area (Å²) < 4.78 is 28.4. The van der Waals surface area contributed by atoms with Crippen LogP contribution in [0, 0.1) is 38.0 Å². The number of benzene rings is 1. The Morgan fingerprint density at radius 1 is 1.21 bits per heavy atom. The van der Waals surface area contributed by atoms with E-state index in [0.29, 0.717) is 4.90 Å². The molecule has 0 radical (unpaired) electrons. The van der Waals surface area contributed by atoms with Crippen molar-refractivity contribution in [2.75, 3.05) is 6.54 Å². The van der Waals surface area contributed by atoms with Gasteiger partial charge in [-0.3, -0.25) is 0 Å². The minimum Gasteiger partial charge on any atom is -0.207 e. The fraction of sp³-hybridized carbons (Fsp3) is 0.500. The normalized spacial score (nSPS) is 13.3. The van der Waals surface area contributed by atoms with Crippen molar-refractivity contribution >= 4 is 10.0 Å². The molecule has 1 atom stereocenters. The molecule has 0 saturated heterocycles. The molecule has 3 nitrogen and oxygen atoms in total. The van der Waals surface area contributed by atoms with Gasteiger partial charge in [0.15, 0.2) is 0 Å². The molecular weight excluding hydrogens is 318 g/mol. The van der Waals surface area contributed by atoms with Crippen LogP contribution >= 0.6 is 0 Å². The van der Waals surface area contributed by atoms with Crippen LogP contribution in [0.4, 0.5) is 0 Å². The maximum Gasteiger partial charge on any atom is 0.245 e. The predicted octanol–water partition coefficient (Wildman–Crippen LogP) is 4.23. The van der Waals surface area contributed by atoms with Crippen molar-refractivity contribution in [3.05, 3.63) is 41.5 Å². The van der Waals surface area contributed by atoms with Crippen LogP contribution in [0.2, 0.25) is 0 Å². The van der Waals surface area contributed by atoms with Crippen molar-refractivity contribution in [3.8, 4) is 11.8 Å². The number of hydrogen-bond donors (Lipinski definition) is 0. The van der Waals surface area contributed by atoms with E-state index in [1.165, 1.54) is 4.31 Å². The third kappa shape index (κ3) is 4.28. The zero-order valence-electron chi connectivity index (χ0n) is 15.9. The van der Waals surface area contributed by atoms with Gasteiger partial charge in [0.05, 0.1) is 10.9 Å². The molecule has 24 heavy (non-hydrogen) atoms. The lowest BCUT2D eigenvalue weighted by Crippen LogP contribution is -2.47. The predicted molar refractivity (Wildman–Crippen MR) is 101 cm³/mol. The van der Waals surface area contributed by atoms with Gasteiger partial charge in [-0.15, -0.1) is 12.5 Å². The third-order valence-electron chi connectivity index (χ3n) is 3.87. The quantitative estimate of drug-likeness (QED) is 0.590. The van der Waals surface area contributed by atoms with Gasteiger partial charge in [0, 0.05) is 6.54 Å². The molecule has 132 valence electrons. The van der Waals surface area contributed by atoms with Gasteiger partial charge in [-0.2, -0.15) is 4.31 Å². The maximum atomic E-state index is 13.4. The first-order valence-electron chi connectivity index (χ1n) is 8.09. The summed E-state index contributed by atoms with van der Waals surface area (Å²) in [5.74, 6) is 5.97. The lowest BCUT2D eigenvalue weighted by Gasteiger charge is -2.36. The summed E-state index contributed by atoms with van der Waals surface area (Å²) in [6.45, 7) is 17.4. The lowest BCUT2D eigenvalue weighted by molar-refractivity contribution is 0.238. The molecule has 4 heteroatoms. The lowest BCUT2D eigenvalue weighted by atomic mass is 9.87. The van der Waals surface area contributed by atoms with Crippen molar-refractivity contribution in [1.82, 2.24) is 4.31 Å². The molecule has 0 fully saturated rings. The zero-order valence-corrected chi connectivity index (χ0v) is 16.7. The molecular formula is C20H29NO2S. The molecule has 0 aliphatic heterocycles. The van der Waals surface area contributed by atoms with Gasteiger partial charge in [-0.25, -0.2) is 8.42 Å². The highest BCUT2D eigenvalue weighted by Crippen LogP contribution is 2.32. The minimum absolute atomic E-state index is 0.228. The van der Waals surface area contributed by atoms with Crippen molar-refractivity contribution < 1.29 is 8.42 Å². The van der Waals surface area contributed by atoms with Crippen LogP contribution < -0.4 is 0 Å². The minimum atomic E-state index is -3.69. The van der Waals surface area contributed by atoms with E-state index in [1.807, 2.05) is 53.7 Å². The van der Waals surface area contributed by atoms with Gasteiger partial charge < -0.3 is 0 Å². The van der Waals surface area contributed by atoms with Crippen molar-refractivity contribution in [2.45, 2.75) is 59.4 Å². The van der Waals surface area contributed by atoms with E-state index < -0.39 is 16.1 Å². The maximum absolute atomic E-state index is 13.4. The standard InChI is InChI=1S/C20H29NO2S/c1-9-11-18(20(6,7)8)21(12-10-2)24(22,23)19-16(4)13-15(3)14-17(19)5/h10,13-14,18H,2,12H2,1,3-8H3. The van der Waals surface area contributed by atoms with Gasteiger partial charge in [-0.1, -0.05) is 50.5 Å². The Balaban J connectivity index is 3.64. The molecule has 0 spiro atoms. The second kappa shape index (κ2) is 7.55. The van der Waals surface area contributed by atoms with Crippen LogP contribution in [0.5, 0.6) is 0 Å². The Morgan fingerprint density at radius 3 is 2.08 bits per heavy atom. The van der Waals surface area contributed by atoms with E-state index in [0.717, 1.165) is 16.7 Å². The Kier molecular flexibility index (Phi) is 6.44. The summed E-state index contributed by atoms with van der Waals surface area (Å²) >= 11 is 0. The molecule has 0 bridgehead atoms. The van der Waals surface area contributed by atoms with Gasteiger partial charge in [0.25, 0.3) is 0 Å². The van der Waals surface area contributed by atoms with Crippen molar-refractivity contribution in [1.29, 1.82) is 0 Å². The van der Waals surface area contributed by atoms with Crippen LogP contribution in [-0.2, 0) is 10.0 Å². The average molecular weight is 348 g/mol. The summed E-state index contributed by atoms with van der Waals surface area (Å²) in [5.41, 5.74) is 2.27. The number of hydrogen-bond acceptors (Lipinski definition) is 2. The fourth-order valence-electron chi connectivity index (χ4n) is 3.02. The molecule has 1 aromatic carbocycles. The first kappa shape index (κ1) is 20.5. The zero-order chi connectivity index (χ0) is 18.7. The van der Waals surface area contributed by atoms with E-state index >= 15 is 0 Å². The van der Waals surface area contributed by atoms with Crippen LogP contribution in [0.15, 0.2) is 29.7 Å². The summed E-state index contributed by atoms with van der Waals surface area (Å²) in [6, 6.07) is 3.39. The molecule has 1 rings (SSSR count). The van der Waals surface area contributed by atoms with Gasteiger partial charge in [-0.05, 0) is 44.2 Å². The number of sulfonamides is 1. The Bertz CT molecular complexity index is 751. The van der Waals surface area contributed by atoms with Gasteiger partial charge in [0.2, 0.25) is 10.0 Å². The van der Waals surface area contributed by atoms with Crippen LogP contribution in [-0.4, -0.2) is 25.3 Å². The highest BCUT2D eigenvalue weighted by atomic mass is 32.2. The second-order valence-corrected chi connectivity index (χ2v) is 9.08. The van der Waals surface area contributed by atoms with E-state index in [9.17, 15) is 8.42 Å². The monoisotopic (exact) mass is 347 g/mol.